The minimum atomic E-state index is -0.550. The van der Waals surface area contributed by atoms with Crippen LogP contribution in [0.25, 0.3) is 22.1 Å². The van der Waals surface area contributed by atoms with E-state index in [0.29, 0.717) is 59.9 Å². The number of hydrogen-bond acceptors (Lipinski definition) is 5. The summed E-state index contributed by atoms with van der Waals surface area (Å²) < 4.78 is 11.9. The van der Waals surface area contributed by atoms with Gasteiger partial charge in [-0.1, -0.05) is 17.2 Å². The van der Waals surface area contributed by atoms with Gasteiger partial charge in [0.25, 0.3) is 11.8 Å². The van der Waals surface area contributed by atoms with E-state index in [1.807, 2.05) is 93.6 Å². The molecule has 15 heteroatoms. The Hall–Kier alpha value is -5.57. The fourth-order valence-corrected chi connectivity index (χ4v) is 7.10. The molecule has 2 N–H and O–H groups in total. The van der Waals surface area contributed by atoms with Crippen LogP contribution in [0.5, 0.6) is 0 Å². The molecule has 0 atom stereocenters. The monoisotopic (exact) mass is 767 g/mol. The Balaban J connectivity index is 1.49. The number of primary amides is 1. The number of carbonyl (C=O) groups is 3. The number of amides is 3. The molecule has 3 amide bonds. The third-order valence-electron chi connectivity index (χ3n) is 9.36. The summed E-state index contributed by atoms with van der Waals surface area (Å²) in [6.45, 7) is 13.5. The van der Waals surface area contributed by atoms with Crippen LogP contribution in [0.3, 0.4) is 0 Å². The Morgan fingerprint density at radius 2 is 1.25 bits per heavy atom. The first kappa shape index (κ1) is 36.2. The standard InChI is InChI=1S/C37H42BrN11O3/c1-9-48-30(16-23(5)42-48)34(51)40-36-45(8)29-18-25(33(39)50)14-15-27(29)46(36)19-21(3)22(4)20-47-32-26(38)12-11-13-28(32)44(7)37(47)41-35(52)31-17-24(6)43-49(31)10-2/h11-18H,9-10,19-20H2,1-8H3,(H2,39,50)/b22-21+,40-36+,41-37+. The highest BCUT2D eigenvalue weighted by molar-refractivity contribution is 9.10. The number of allylic oxidation sites excluding steroid dienone is 2. The largest absolute Gasteiger partial charge is 0.366 e. The number of benzene rings is 2. The second-order valence-electron chi connectivity index (χ2n) is 12.9. The molecule has 0 radical (unpaired) electrons. The predicted octanol–water partition coefficient (Wildman–Crippen LogP) is 4.70. The first-order chi connectivity index (χ1) is 24.7. The molecule has 270 valence electrons. The normalized spacial score (nSPS) is 13.1. The summed E-state index contributed by atoms with van der Waals surface area (Å²) in [4.78, 5) is 48.7. The zero-order valence-electron chi connectivity index (χ0n) is 30.6. The van der Waals surface area contributed by atoms with Gasteiger partial charge in [-0.3, -0.25) is 23.7 Å². The maximum absolute atomic E-state index is 13.7. The maximum atomic E-state index is 13.7. The highest BCUT2D eigenvalue weighted by atomic mass is 79.9. The minimum Gasteiger partial charge on any atom is -0.366 e. The average molecular weight is 769 g/mol. The van der Waals surface area contributed by atoms with E-state index in [1.54, 1.807) is 38.2 Å². The fourth-order valence-electron chi connectivity index (χ4n) is 6.53. The van der Waals surface area contributed by atoms with Gasteiger partial charge in [-0.25, -0.2) is 0 Å². The van der Waals surface area contributed by atoms with Gasteiger partial charge in [-0.15, -0.1) is 0 Å². The number of fused-ring (bicyclic) bond motifs is 2. The van der Waals surface area contributed by atoms with Crippen LogP contribution in [0.15, 0.2) is 74.1 Å². The molecule has 0 saturated carbocycles. The topological polar surface area (TPSA) is 157 Å². The van der Waals surface area contributed by atoms with Gasteiger partial charge in [0.2, 0.25) is 17.1 Å². The number of rotatable bonds is 9. The Bertz CT molecular complexity index is 2600. The quantitative estimate of drug-likeness (QED) is 0.211. The molecule has 6 aromatic rings. The van der Waals surface area contributed by atoms with E-state index in [0.717, 1.165) is 43.6 Å². The van der Waals surface area contributed by atoms with Crippen LogP contribution in [0, 0.1) is 13.8 Å². The zero-order valence-corrected chi connectivity index (χ0v) is 32.2. The van der Waals surface area contributed by atoms with Crippen molar-refractivity contribution in [1.29, 1.82) is 0 Å². The van der Waals surface area contributed by atoms with Crippen molar-refractivity contribution in [2.45, 2.75) is 67.7 Å². The Morgan fingerprint density at radius 1 is 0.731 bits per heavy atom. The van der Waals surface area contributed by atoms with Gasteiger partial charge in [0.1, 0.15) is 11.4 Å². The van der Waals surface area contributed by atoms with Gasteiger partial charge >= 0.3 is 0 Å². The zero-order chi connectivity index (χ0) is 37.6. The first-order valence-corrected chi connectivity index (χ1v) is 17.8. The number of imidazole rings is 2. The molecule has 0 unspecified atom stereocenters. The minimum absolute atomic E-state index is 0.349. The molecule has 0 aliphatic heterocycles. The summed E-state index contributed by atoms with van der Waals surface area (Å²) in [6, 6.07) is 14.6. The first-order valence-electron chi connectivity index (χ1n) is 17.0. The summed E-state index contributed by atoms with van der Waals surface area (Å²) in [5, 5.41) is 8.87. The molecule has 0 saturated heterocycles. The van der Waals surface area contributed by atoms with Crippen LogP contribution in [0.4, 0.5) is 0 Å². The van der Waals surface area contributed by atoms with Crippen LogP contribution in [0.1, 0.15) is 70.4 Å². The Labute approximate surface area is 308 Å². The van der Waals surface area contributed by atoms with Crippen LogP contribution in [-0.2, 0) is 40.3 Å². The molecule has 14 nitrogen and oxygen atoms in total. The van der Waals surface area contributed by atoms with Gasteiger partial charge in [-0.2, -0.15) is 20.2 Å². The molecule has 0 fully saturated rings. The maximum Gasteiger partial charge on any atom is 0.298 e. The Kier molecular flexibility index (Phi) is 9.90. The van der Waals surface area contributed by atoms with E-state index in [-0.39, 0.29) is 5.91 Å². The summed E-state index contributed by atoms with van der Waals surface area (Å²) in [5.41, 5.74) is 14.4. The van der Waals surface area contributed by atoms with E-state index in [4.69, 9.17) is 5.73 Å². The molecule has 0 aliphatic rings. The van der Waals surface area contributed by atoms with Crippen molar-refractivity contribution in [2.24, 2.45) is 29.8 Å². The lowest BCUT2D eigenvalue weighted by atomic mass is 10.1. The number of aromatic nitrogens is 8. The number of aryl methyl sites for hydroxylation is 6. The third kappa shape index (κ3) is 6.51. The number of hydrogen-bond donors (Lipinski definition) is 1. The highest BCUT2D eigenvalue weighted by Gasteiger charge is 2.20. The van der Waals surface area contributed by atoms with E-state index < -0.39 is 11.8 Å². The van der Waals surface area contributed by atoms with E-state index >= 15 is 0 Å². The SMILES string of the molecule is CCn1nc(C)cc1C(=O)/N=c1\n(C)c2cc(C(N)=O)ccc2n1C/C(C)=C(\C)Cn1/c(=N/C(=O)c2cc(C)nn2CC)n(C)c2cccc(Br)c21. The number of carbonyl (C=O) groups excluding carboxylic acids is 3. The van der Waals surface area contributed by atoms with E-state index in [1.165, 1.54) is 0 Å². The van der Waals surface area contributed by atoms with Crippen molar-refractivity contribution >= 4 is 55.7 Å². The summed E-state index contributed by atoms with van der Waals surface area (Å²) in [6.07, 6.45) is 0. The molecule has 0 bridgehead atoms. The van der Waals surface area contributed by atoms with Gasteiger partial charge < -0.3 is 24.0 Å². The fraction of sp³-hybridized carbons (Fsp3) is 0.324. The van der Waals surface area contributed by atoms with Crippen molar-refractivity contribution in [1.82, 2.24) is 37.8 Å². The molecule has 4 heterocycles. The smallest absolute Gasteiger partial charge is 0.298 e. The molecule has 6 rings (SSSR count). The van der Waals surface area contributed by atoms with Crippen molar-refractivity contribution in [2.75, 3.05) is 0 Å². The molecular formula is C37H42BrN11O3. The summed E-state index contributed by atoms with van der Waals surface area (Å²) in [7, 11) is 3.71. The predicted molar refractivity (Wildman–Crippen MR) is 201 cm³/mol. The van der Waals surface area contributed by atoms with Crippen LogP contribution in [0.2, 0.25) is 0 Å². The van der Waals surface area contributed by atoms with Gasteiger partial charge in [0.05, 0.1) is 33.5 Å². The Morgan fingerprint density at radius 3 is 1.79 bits per heavy atom. The van der Waals surface area contributed by atoms with Crippen molar-refractivity contribution in [3.8, 4) is 0 Å². The highest BCUT2D eigenvalue weighted by Crippen LogP contribution is 2.25. The van der Waals surface area contributed by atoms with Crippen LogP contribution in [-0.4, -0.2) is 55.6 Å². The van der Waals surface area contributed by atoms with Gasteiger partial charge in [0, 0.05) is 50.3 Å². The number of nitrogens with zero attached hydrogens (tertiary/aromatic N) is 10. The van der Waals surface area contributed by atoms with E-state index in [9.17, 15) is 14.4 Å². The lowest BCUT2D eigenvalue weighted by molar-refractivity contribution is 0.0977. The van der Waals surface area contributed by atoms with Crippen LogP contribution < -0.4 is 17.0 Å². The molecule has 0 spiro atoms. The number of halogens is 1. The van der Waals surface area contributed by atoms with Crippen molar-refractivity contribution < 1.29 is 14.4 Å². The molecule has 0 aliphatic carbocycles. The number of para-hydroxylation sites is 1. The molecule has 4 aromatic heterocycles. The lowest BCUT2D eigenvalue weighted by Gasteiger charge is -2.13. The van der Waals surface area contributed by atoms with Gasteiger partial charge in [0.15, 0.2) is 0 Å². The summed E-state index contributed by atoms with van der Waals surface area (Å²) >= 11 is 3.74. The molecule has 52 heavy (non-hydrogen) atoms. The molecule has 2 aromatic carbocycles. The summed E-state index contributed by atoms with van der Waals surface area (Å²) in [5.74, 6) is -1.36. The second kappa shape index (κ2) is 14.2. The second-order valence-corrected chi connectivity index (χ2v) is 13.8. The van der Waals surface area contributed by atoms with Crippen LogP contribution >= 0.6 is 15.9 Å². The van der Waals surface area contributed by atoms with E-state index in [2.05, 4.69) is 36.1 Å². The van der Waals surface area contributed by atoms with Crippen molar-refractivity contribution in [3.63, 3.8) is 0 Å². The van der Waals surface area contributed by atoms with Crippen molar-refractivity contribution in [3.05, 3.63) is 104 Å². The average Bonchev–Trinajstić information content (AvgIpc) is 3.83. The third-order valence-corrected chi connectivity index (χ3v) is 10.00. The lowest BCUT2D eigenvalue weighted by Crippen LogP contribution is -2.28. The number of nitrogens with two attached hydrogens (primary N) is 1. The molecular weight excluding hydrogens is 726 g/mol. The van der Waals surface area contributed by atoms with Gasteiger partial charge in [-0.05, 0) is 99.9 Å².